The number of amides is 4. The predicted molar refractivity (Wildman–Crippen MR) is 131 cm³/mol. The van der Waals surface area contributed by atoms with E-state index in [9.17, 15) is 19.2 Å². The van der Waals surface area contributed by atoms with Crippen LogP contribution >= 0.6 is 0 Å². The van der Waals surface area contributed by atoms with Crippen LogP contribution in [0.3, 0.4) is 0 Å². The van der Waals surface area contributed by atoms with Crippen LogP contribution in [0.25, 0.3) is 0 Å². The fourth-order valence-corrected chi connectivity index (χ4v) is 4.13. The normalized spacial score (nSPS) is 12.1. The molecule has 1 aliphatic rings. The Balaban J connectivity index is 1.40. The van der Waals surface area contributed by atoms with E-state index in [1.807, 2.05) is 60.7 Å². The summed E-state index contributed by atoms with van der Waals surface area (Å²) in [6.07, 6.45) is 1.15. The van der Waals surface area contributed by atoms with Gasteiger partial charge in [-0.1, -0.05) is 60.7 Å². The lowest BCUT2D eigenvalue weighted by molar-refractivity contribution is 0.0893. The first-order chi connectivity index (χ1) is 17.5. The smallest absolute Gasteiger partial charge is 0.414 e. The number of carbonyl (C=O) groups is 4. The van der Waals surface area contributed by atoms with E-state index in [-0.39, 0.29) is 13.2 Å². The molecule has 184 valence electrons. The molecule has 8 heteroatoms. The maximum atomic E-state index is 12.8. The van der Waals surface area contributed by atoms with E-state index < -0.39 is 24.0 Å². The highest BCUT2D eigenvalue weighted by molar-refractivity contribution is 6.07. The van der Waals surface area contributed by atoms with E-state index >= 15 is 0 Å². The predicted octanol–water partition coefficient (Wildman–Crippen LogP) is 4.70. The minimum Gasteiger partial charge on any atom is -0.444 e. The van der Waals surface area contributed by atoms with Crippen molar-refractivity contribution in [3.05, 3.63) is 106 Å². The molecule has 1 aliphatic carbocycles. The van der Waals surface area contributed by atoms with E-state index in [1.54, 1.807) is 0 Å². The summed E-state index contributed by atoms with van der Waals surface area (Å²) in [6, 6.07) is 21.3. The van der Waals surface area contributed by atoms with Gasteiger partial charge in [-0.05, 0) is 60.1 Å². The summed E-state index contributed by atoms with van der Waals surface area (Å²) in [7, 11) is 0. The summed E-state index contributed by atoms with van der Waals surface area (Å²) < 4.78 is 10.3. The SMILES string of the molecule is O=C(NC(=O)c1ccc(C(=O)NC(=O)OCc2ccccc2)c2c1CCCC2)OCc1ccccc1. The molecule has 8 nitrogen and oxygen atoms in total. The first-order valence-corrected chi connectivity index (χ1v) is 11.7. The molecule has 0 fully saturated rings. The van der Waals surface area contributed by atoms with Gasteiger partial charge in [0.15, 0.2) is 0 Å². The molecular weight excluding hydrogens is 460 g/mol. The van der Waals surface area contributed by atoms with Crippen molar-refractivity contribution in [1.29, 1.82) is 0 Å². The molecule has 3 aromatic rings. The molecule has 0 spiro atoms. The highest BCUT2D eigenvalue weighted by Crippen LogP contribution is 2.28. The van der Waals surface area contributed by atoms with Crippen LogP contribution in [0.15, 0.2) is 72.8 Å². The van der Waals surface area contributed by atoms with Crippen molar-refractivity contribution < 1.29 is 28.7 Å². The van der Waals surface area contributed by atoms with Gasteiger partial charge in [-0.15, -0.1) is 0 Å². The van der Waals surface area contributed by atoms with Crippen LogP contribution in [0, 0.1) is 0 Å². The van der Waals surface area contributed by atoms with Gasteiger partial charge >= 0.3 is 12.2 Å². The van der Waals surface area contributed by atoms with Gasteiger partial charge in [0.05, 0.1) is 0 Å². The third-order valence-electron chi connectivity index (χ3n) is 5.88. The summed E-state index contributed by atoms with van der Waals surface area (Å²) in [6.45, 7) is 0.0785. The fraction of sp³-hybridized carbons (Fsp3) is 0.214. The van der Waals surface area contributed by atoms with Crippen LogP contribution in [-0.2, 0) is 35.5 Å². The third kappa shape index (κ3) is 6.35. The van der Waals surface area contributed by atoms with Crippen molar-refractivity contribution in [3.63, 3.8) is 0 Å². The van der Waals surface area contributed by atoms with Crippen LogP contribution < -0.4 is 10.6 Å². The zero-order valence-corrected chi connectivity index (χ0v) is 19.6. The molecule has 0 saturated carbocycles. The first kappa shape index (κ1) is 24.7. The van der Waals surface area contributed by atoms with Crippen LogP contribution in [0.4, 0.5) is 9.59 Å². The summed E-state index contributed by atoms with van der Waals surface area (Å²) in [4.78, 5) is 50.0. The topological polar surface area (TPSA) is 111 Å². The molecule has 0 aliphatic heterocycles. The number of carbonyl (C=O) groups excluding carboxylic acids is 4. The molecule has 0 heterocycles. The van der Waals surface area contributed by atoms with Crippen molar-refractivity contribution in [2.24, 2.45) is 0 Å². The molecule has 2 N–H and O–H groups in total. The number of fused-ring (bicyclic) bond motifs is 1. The molecule has 0 saturated heterocycles. The Morgan fingerprint density at radius 2 is 0.972 bits per heavy atom. The standard InChI is InChI=1S/C28H26N2O6/c31-25(29-27(33)35-17-19-9-3-1-4-10-19)23-15-16-24(22-14-8-7-13-21(22)23)26(32)30-28(34)36-18-20-11-5-2-6-12-20/h1-6,9-12,15-16H,7-8,13-14,17-18H2,(H,29,31,33)(H,30,32,34). The highest BCUT2D eigenvalue weighted by atomic mass is 16.6. The second-order valence-electron chi connectivity index (χ2n) is 8.36. The third-order valence-corrected chi connectivity index (χ3v) is 5.88. The van der Waals surface area contributed by atoms with Gasteiger partial charge in [-0.3, -0.25) is 20.2 Å². The van der Waals surface area contributed by atoms with Crippen LogP contribution in [0.5, 0.6) is 0 Å². The molecule has 0 unspecified atom stereocenters. The lowest BCUT2D eigenvalue weighted by Crippen LogP contribution is -2.34. The zero-order valence-electron chi connectivity index (χ0n) is 19.6. The maximum Gasteiger partial charge on any atom is 0.414 e. The van der Waals surface area contributed by atoms with E-state index in [0.717, 1.165) is 24.0 Å². The quantitative estimate of drug-likeness (QED) is 0.523. The van der Waals surface area contributed by atoms with Crippen LogP contribution in [0.1, 0.15) is 55.8 Å². The van der Waals surface area contributed by atoms with Gasteiger partial charge < -0.3 is 9.47 Å². The highest BCUT2D eigenvalue weighted by Gasteiger charge is 2.25. The fourth-order valence-electron chi connectivity index (χ4n) is 4.13. The lowest BCUT2D eigenvalue weighted by Gasteiger charge is -2.22. The average molecular weight is 487 g/mol. The summed E-state index contributed by atoms with van der Waals surface area (Å²) >= 11 is 0. The van der Waals surface area contributed by atoms with Crippen molar-refractivity contribution in [2.45, 2.75) is 38.9 Å². The Labute approximate surface area is 208 Å². The number of benzene rings is 3. The molecule has 0 radical (unpaired) electrons. The molecule has 4 rings (SSSR count). The Morgan fingerprint density at radius 3 is 1.36 bits per heavy atom. The molecule has 0 atom stereocenters. The number of hydrogen-bond donors (Lipinski definition) is 2. The molecule has 3 aromatic carbocycles. The Kier molecular flexibility index (Phi) is 8.08. The van der Waals surface area contributed by atoms with Crippen molar-refractivity contribution >= 4 is 24.0 Å². The average Bonchev–Trinajstić information content (AvgIpc) is 2.91. The first-order valence-electron chi connectivity index (χ1n) is 11.7. The molecule has 4 amide bonds. The van der Waals surface area contributed by atoms with Crippen molar-refractivity contribution in [2.75, 3.05) is 0 Å². The van der Waals surface area contributed by atoms with Crippen molar-refractivity contribution in [1.82, 2.24) is 10.6 Å². The van der Waals surface area contributed by atoms with E-state index in [1.165, 1.54) is 12.1 Å². The van der Waals surface area contributed by atoms with E-state index in [2.05, 4.69) is 10.6 Å². The Morgan fingerprint density at radius 1 is 0.583 bits per heavy atom. The number of ether oxygens (including phenoxy) is 2. The van der Waals surface area contributed by atoms with Crippen LogP contribution in [-0.4, -0.2) is 24.0 Å². The molecule has 0 aromatic heterocycles. The Hall–Kier alpha value is -4.46. The Bertz CT molecular complexity index is 1160. The summed E-state index contributed by atoms with van der Waals surface area (Å²) in [5.41, 5.74) is 3.61. The van der Waals surface area contributed by atoms with Gasteiger partial charge in [0, 0.05) is 11.1 Å². The van der Waals surface area contributed by atoms with Crippen LogP contribution in [0.2, 0.25) is 0 Å². The van der Waals surface area contributed by atoms with E-state index in [0.29, 0.717) is 35.1 Å². The monoisotopic (exact) mass is 486 g/mol. The summed E-state index contributed by atoms with van der Waals surface area (Å²) in [5.74, 6) is -1.19. The lowest BCUT2D eigenvalue weighted by atomic mass is 9.84. The molecular formula is C28H26N2O6. The zero-order chi connectivity index (χ0) is 25.3. The van der Waals surface area contributed by atoms with Gasteiger partial charge in [0.25, 0.3) is 11.8 Å². The number of imide groups is 2. The van der Waals surface area contributed by atoms with Crippen molar-refractivity contribution in [3.8, 4) is 0 Å². The minimum absolute atomic E-state index is 0.0392. The largest absolute Gasteiger partial charge is 0.444 e. The van der Waals surface area contributed by atoms with E-state index in [4.69, 9.17) is 9.47 Å². The number of nitrogens with one attached hydrogen (secondary N) is 2. The van der Waals surface area contributed by atoms with Gasteiger partial charge in [0.2, 0.25) is 0 Å². The van der Waals surface area contributed by atoms with Gasteiger partial charge in [-0.25, -0.2) is 9.59 Å². The number of hydrogen-bond acceptors (Lipinski definition) is 6. The molecule has 0 bridgehead atoms. The van der Waals surface area contributed by atoms with Gasteiger partial charge in [0.1, 0.15) is 13.2 Å². The second kappa shape index (κ2) is 11.8. The van der Waals surface area contributed by atoms with Gasteiger partial charge in [-0.2, -0.15) is 0 Å². The second-order valence-corrected chi connectivity index (χ2v) is 8.36. The number of alkyl carbamates (subject to hydrolysis) is 2. The maximum absolute atomic E-state index is 12.8. The summed E-state index contributed by atoms with van der Waals surface area (Å²) in [5, 5.41) is 4.51. The molecule has 36 heavy (non-hydrogen) atoms. The minimum atomic E-state index is -0.851. The number of rotatable bonds is 6.